The third kappa shape index (κ3) is 14.0. The Labute approximate surface area is 384 Å². The SMILES string of the molecule is CC[C@H](OC)[C@@H](C)[C@@H]1O[C@H]1[C@H](O)[C@H](C)/C=C/C=C(\C)[C@@H]1O[C@H](OC)[C@H](OC)[C@@H](OC)[C@@H]1OCCO[C@H]1C[C@H](OC)[C@@H](OC)[C@H](/C(C)=C/C=C/[C@H](C)[C@@H](O)[C@@H]2O[C@H]2[C@H](C)[C@H](CC)OC)O1. The fraction of sp³-hybridized carbons (Fsp3) is 0.837. The van der Waals surface area contributed by atoms with Gasteiger partial charge < -0.3 is 71.8 Å². The van der Waals surface area contributed by atoms with Crippen molar-refractivity contribution >= 4 is 0 Å². The number of hydrogen-bond acceptors (Lipinski definition) is 15. The zero-order chi connectivity index (χ0) is 47.2. The number of epoxide rings is 2. The Morgan fingerprint density at radius 2 is 1.03 bits per heavy atom. The van der Waals surface area contributed by atoms with Gasteiger partial charge in [-0.15, -0.1) is 0 Å². The summed E-state index contributed by atoms with van der Waals surface area (Å²) in [5, 5.41) is 22.2. The van der Waals surface area contributed by atoms with Crippen LogP contribution in [0.5, 0.6) is 0 Å². The lowest BCUT2D eigenvalue weighted by Crippen LogP contribution is -2.60. The molecule has 15 heteroatoms. The summed E-state index contributed by atoms with van der Waals surface area (Å²) in [5.41, 5.74) is 1.80. The van der Waals surface area contributed by atoms with Crippen LogP contribution in [0.15, 0.2) is 47.6 Å². The highest BCUT2D eigenvalue weighted by Crippen LogP contribution is 2.39. The lowest BCUT2D eigenvalue weighted by atomic mass is 9.91. The molecule has 4 rings (SSSR count). The van der Waals surface area contributed by atoms with E-state index < -0.39 is 55.3 Å². The molecule has 64 heavy (non-hydrogen) atoms. The first-order valence-corrected chi connectivity index (χ1v) is 23.3. The number of ether oxygens (including phenoxy) is 13. The van der Waals surface area contributed by atoms with Crippen molar-refractivity contribution in [1.29, 1.82) is 0 Å². The Hall–Kier alpha value is -1.64. The van der Waals surface area contributed by atoms with Crippen molar-refractivity contribution in [3.05, 3.63) is 47.6 Å². The van der Waals surface area contributed by atoms with Crippen LogP contribution in [0.25, 0.3) is 0 Å². The first-order chi connectivity index (χ1) is 30.7. The molecule has 4 fully saturated rings. The first kappa shape index (κ1) is 55.0. The molecule has 4 aliphatic heterocycles. The second-order valence-electron chi connectivity index (χ2n) is 18.0. The fourth-order valence-corrected chi connectivity index (χ4v) is 9.60. The maximum atomic E-state index is 11.1. The molecule has 21 atom stereocenters. The van der Waals surface area contributed by atoms with Gasteiger partial charge in [-0.3, -0.25) is 0 Å². The summed E-state index contributed by atoms with van der Waals surface area (Å²) < 4.78 is 78.2. The van der Waals surface area contributed by atoms with Gasteiger partial charge in [-0.05, 0) is 37.8 Å². The van der Waals surface area contributed by atoms with Crippen molar-refractivity contribution < 1.29 is 71.8 Å². The average Bonchev–Trinajstić information content (AvgIpc) is 4.25. The zero-order valence-electron chi connectivity index (χ0n) is 41.3. The van der Waals surface area contributed by atoms with E-state index in [4.69, 9.17) is 61.6 Å². The van der Waals surface area contributed by atoms with Crippen LogP contribution in [0.1, 0.15) is 74.7 Å². The monoisotopic (exact) mass is 913 g/mol. The minimum absolute atomic E-state index is 0.0190. The zero-order valence-corrected chi connectivity index (χ0v) is 41.3. The summed E-state index contributed by atoms with van der Waals surface area (Å²) in [5.74, 6) is 0.0985. The molecule has 0 amide bonds. The van der Waals surface area contributed by atoms with E-state index in [0.717, 1.165) is 24.0 Å². The molecule has 4 heterocycles. The number of hydrogen-bond donors (Lipinski definition) is 2. The number of aliphatic hydroxyl groups is 2. The van der Waals surface area contributed by atoms with E-state index in [1.807, 2.05) is 64.2 Å². The Bertz CT molecular complexity index is 1460. The topological polar surface area (TPSA) is 167 Å². The van der Waals surface area contributed by atoms with Crippen molar-refractivity contribution in [3.63, 3.8) is 0 Å². The van der Waals surface area contributed by atoms with Gasteiger partial charge in [0, 0.05) is 79.9 Å². The molecule has 15 nitrogen and oxygen atoms in total. The van der Waals surface area contributed by atoms with Gasteiger partial charge in [0.15, 0.2) is 12.6 Å². The summed E-state index contributed by atoms with van der Waals surface area (Å²) in [6.07, 6.45) is 7.80. The molecule has 0 bridgehead atoms. The molecule has 0 aromatic heterocycles. The highest BCUT2D eigenvalue weighted by atomic mass is 16.7. The van der Waals surface area contributed by atoms with E-state index >= 15 is 0 Å². The maximum Gasteiger partial charge on any atom is 0.186 e. The molecule has 0 spiro atoms. The van der Waals surface area contributed by atoms with Gasteiger partial charge in [0.1, 0.15) is 48.8 Å². The van der Waals surface area contributed by atoms with Crippen molar-refractivity contribution in [1.82, 2.24) is 0 Å². The molecular formula is C49H84O15. The highest BCUT2D eigenvalue weighted by Gasteiger charge is 2.52. The third-order valence-corrected chi connectivity index (χ3v) is 13.9. The lowest BCUT2D eigenvalue weighted by Gasteiger charge is -2.45. The standard InChI is InChI=1S/C49H84O15/c1-16-33(52-9)31(7)41-44(62-41)37(50)27(3)20-18-22-29(5)39-43(55-12)35(54-11)26-36(61-39)59-24-25-60-47-40(64-49(58-15)48(57-14)46(47)56-13)30(6)23-19-21-28(4)38(51)45-42(63-45)32(8)34(17-2)53-10/h18-23,27-28,31-51H,16-17,24-26H2,1-15H3/b20-18+,21-19+,29-22+,30-23+/t27-,28+,31+,32+,33-,34-,35-,36+,37+,38+,39-,40-,41-,42-,43+,44-,45-,46-,47+,48+,49-/m0/s1. The van der Waals surface area contributed by atoms with Gasteiger partial charge in [-0.25, -0.2) is 0 Å². The molecule has 0 radical (unpaired) electrons. The minimum atomic E-state index is -0.705. The van der Waals surface area contributed by atoms with Crippen LogP contribution >= 0.6 is 0 Å². The fourth-order valence-electron chi connectivity index (χ4n) is 9.60. The molecule has 0 unspecified atom stereocenters. The number of aliphatic hydroxyl groups excluding tert-OH is 2. The first-order valence-electron chi connectivity index (χ1n) is 23.3. The molecular weight excluding hydrogens is 829 g/mol. The molecule has 4 aliphatic rings. The van der Waals surface area contributed by atoms with Gasteiger partial charge in [-0.2, -0.15) is 0 Å². The predicted octanol–water partition coefficient (Wildman–Crippen LogP) is 5.59. The predicted molar refractivity (Wildman–Crippen MR) is 242 cm³/mol. The molecule has 0 aromatic rings. The largest absolute Gasteiger partial charge is 0.390 e. The van der Waals surface area contributed by atoms with Gasteiger partial charge in [0.05, 0.1) is 55.9 Å². The van der Waals surface area contributed by atoms with Crippen molar-refractivity contribution in [2.45, 2.75) is 179 Å². The summed E-state index contributed by atoms with van der Waals surface area (Å²) in [7, 11) is 11.5. The average molecular weight is 913 g/mol. The van der Waals surface area contributed by atoms with Gasteiger partial charge >= 0.3 is 0 Å². The second kappa shape index (κ2) is 26.8. The van der Waals surface area contributed by atoms with Crippen LogP contribution in [-0.2, 0) is 61.6 Å². The molecule has 0 aliphatic carbocycles. The van der Waals surface area contributed by atoms with Gasteiger partial charge in [0.25, 0.3) is 0 Å². The highest BCUT2D eigenvalue weighted by molar-refractivity contribution is 5.20. The normalized spacial score (nSPS) is 36.4. The molecule has 370 valence electrons. The summed E-state index contributed by atoms with van der Waals surface area (Å²) in [6, 6.07) is 0. The van der Waals surface area contributed by atoms with Crippen LogP contribution in [0.2, 0.25) is 0 Å². The third-order valence-electron chi connectivity index (χ3n) is 13.9. The van der Waals surface area contributed by atoms with E-state index in [2.05, 4.69) is 27.7 Å². The number of allylic oxidation sites excluding steroid dienone is 4. The van der Waals surface area contributed by atoms with Crippen molar-refractivity contribution in [2.75, 3.05) is 63.0 Å². The quantitative estimate of drug-likeness (QED) is 0.0566. The van der Waals surface area contributed by atoms with Crippen LogP contribution in [0, 0.1) is 23.7 Å². The van der Waals surface area contributed by atoms with E-state index in [1.165, 1.54) is 0 Å². The van der Waals surface area contributed by atoms with E-state index in [9.17, 15) is 10.2 Å². The smallest absolute Gasteiger partial charge is 0.186 e. The molecule has 2 N–H and O–H groups in total. The lowest BCUT2D eigenvalue weighted by molar-refractivity contribution is -0.301. The van der Waals surface area contributed by atoms with Crippen LogP contribution in [-0.4, -0.2) is 177 Å². The Morgan fingerprint density at radius 3 is 1.45 bits per heavy atom. The van der Waals surface area contributed by atoms with Crippen LogP contribution < -0.4 is 0 Å². The van der Waals surface area contributed by atoms with Crippen molar-refractivity contribution in [2.24, 2.45) is 23.7 Å². The molecule has 0 saturated carbocycles. The number of rotatable bonds is 28. The molecule has 4 saturated heterocycles. The van der Waals surface area contributed by atoms with E-state index in [1.54, 1.807) is 49.8 Å². The summed E-state index contributed by atoms with van der Waals surface area (Å²) in [4.78, 5) is 0. The number of methoxy groups -OCH3 is 7. The summed E-state index contributed by atoms with van der Waals surface area (Å²) in [6.45, 7) is 16.8. The van der Waals surface area contributed by atoms with Gasteiger partial charge in [0.2, 0.25) is 0 Å². The Balaban J connectivity index is 1.37. The Morgan fingerprint density at radius 1 is 0.562 bits per heavy atom. The Kier molecular flexibility index (Phi) is 23.0. The summed E-state index contributed by atoms with van der Waals surface area (Å²) >= 11 is 0. The molecule has 0 aromatic carbocycles. The second-order valence-corrected chi connectivity index (χ2v) is 18.0. The van der Waals surface area contributed by atoms with E-state index in [-0.39, 0.29) is 85.7 Å². The minimum Gasteiger partial charge on any atom is -0.390 e. The maximum absolute atomic E-state index is 11.1. The van der Waals surface area contributed by atoms with Crippen LogP contribution in [0.3, 0.4) is 0 Å². The van der Waals surface area contributed by atoms with Crippen LogP contribution in [0.4, 0.5) is 0 Å². The van der Waals surface area contributed by atoms with E-state index in [0.29, 0.717) is 6.42 Å². The van der Waals surface area contributed by atoms with Gasteiger partial charge in [-0.1, -0.05) is 78.0 Å². The van der Waals surface area contributed by atoms with Crippen molar-refractivity contribution in [3.8, 4) is 0 Å².